The monoisotopic (exact) mass is 148 g/mol. The fourth-order valence-corrected chi connectivity index (χ4v) is 0.301. The van der Waals surface area contributed by atoms with Crippen LogP contribution in [0.5, 0.6) is 0 Å². The van der Waals surface area contributed by atoms with E-state index in [1.165, 1.54) is 0 Å². The van der Waals surface area contributed by atoms with Gasteiger partial charge in [0.15, 0.2) is 0 Å². The minimum absolute atomic E-state index is 0.0361. The first-order valence-corrected chi connectivity index (χ1v) is 2.66. The maximum atomic E-state index is 8.00. The molecule has 0 amide bonds. The molecule has 0 aromatic carbocycles. The van der Waals surface area contributed by atoms with Crippen molar-refractivity contribution in [2.45, 2.75) is 0 Å². The van der Waals surface area contributed by atoms with Gasteiger partial charge in [-0.15, -0.1) is 0 Å². The van der Waals surface area contributed by atoms with Crippen LogP contribution in [0.15, 0.2) is 0 Å². The Bertz CT molecular complexity index is 61.4. The van der Waals surface area contributed by atoms with Crippen LogP contribution in [-0.4, -0.2) is 17.0 Å². The third-order valence-corrected chi connectivity index (χ3v) is 0.551. The molecular formula is C4H5BrO. The van der Waals surface area contributed by atoms with Gasteiger partial charge in [-0.05, 0) is 0 Å². The van der Waals surface area contributed by atoms with Crippen LogP contribution in [0.25, 0.3) is 0 Å². The second-order valence-corrected chi connectivity index (χ2v) is 1.21. The molecule has 0 saturated carbocycles. The molecule has 1 nitrogen and oxygen atoms in total. The predicted molar refractivity (Wildman–Crippen MR) is 28.7 cm³/mol. The molecule has 2 heteroatoms. The van der Waals surface area contributed by atoms with E-state index in [4.69, 9.17) is 5.11 Å². The SMILES string of the molecule is OCC#CCBr. The van der Waals surface area contributed by atoms with E-state index in [9.17, 15) is 0 Å². The molecule has 0 aliphatic carbocycles. The smallest absolute Gasteiger partial charge is 0.104 e. The third-order valence-electron chi connectivity index (χ3n) is 0.271. The van der Waals surface area contributed by atoms with Gasteiger partial charge in [-0.25, -0.2) is 0 Å². The van der Waals surface area contributed by atoms with Gasteiger partial charge in [0.05, 0.1) is 5.33 Å². The molecular weight excluding hydrogens is 144 g/mol. The first-order chi connectivity index (χ1) is 2.91. The number of alkyl halides is 1. The van der Waals surface area contributed by atoms with E-state index in [2.05, 4.69) is 27.8 Å². The van der Waals surface area contributed by atoms with E-state index in [1.54, 1.807) is 0 Å². The number of halogens is 1. The lowest BCUT2D eigenvalue weighted by Crippen LogP contribution is -1.70. The van der Waals surface area contributed by atoms with Crippen LogP contribution in [0.1, 0.15) is 0 Å². The summed E-state index contributed by atoms with van der Waals surface area (Å²) >= 11 is 3.07. The highest BCUT2D eigenvalue weighted by Gasteiger charge is 1.58. The summed E-state index contributed by atoms with van der Waals surface area (Å²) in [6.45, 7) is -0.0361. The van der Waals surface area contributed by atoms with E-state index in [1.807, 2.05) is 0 Å². The van der Waals surface area contributed by atoms with Gasteiger partial charge in [0.2, 0.25) is 0 Å². The maximum absolute atomic E-state index is 8.00. The Kier molecular flexibility index (Phi) is 5.00. The van der Waals surface area contributed by atoms with Crippen LogP contribution >= 0.6 is 15.9 Å². The largest absolute Gasteiger partial charge is 0.384 e. The van der Waals surface area contributed by atoms with Crippen molar-refractivity contribution >= 4 is 15.9 Å². The molecule has 0 aromatic heterocycles. The molecule has 0 saturated heterocycles. The van der Waals surface area contributed by atoms with Crippen molar-refractivity contribution in [1.82, 2.24) is 0 Å². The van der Waals surface area contributed by atoms with Crippen LogP contribution in [0.3, 0.4) is 0 Å². The molecule has 0 unspecified atom stereocenters. The molecule has 0 fully saturated rings. The molecule has 6 heavy (non-hydrogen) atoms. The summed E-state index contributed by atoms with van der Waals surface area (Å²) in [7, 11) is 0. The molecule has 0 aliphatic heterocycles. The number of aliphatic hydroxyl groups excluding tert-OH is 1. The summed E-state index contributed by atoms with van der Waals surface area (Å²) in [5, 5.41) is 8.65. The van der Waals surface area contributed by atoms with Crippen molar-refractivity contribution in [3.63, 3.8) is 0 Å². The van der Waals surface area contributed by atoms with Crippen molar-refractivity contribution in [2.75, 3.05) is 11.9 Å². The van der Waals surface area contributed by atoms with Crippen molar-refractivity contribution < 1.29 is 5.11 Å². The maximum Gasteiger partial charge on any atom is 0.104 e. The molecule has 0 bridgehead atoms. The Morgan fingerprint density at radius 1 is 1.50 bits per heavy atom. The van der Waals surface area contributed by atoms with Gasteiger partial charge in [0.1, 0.15) is 6.61 Å². The van der Waals surface area contributed by atoms with Crippen LogP contribution in [0.2, 0.25) is 0 Å². The third kappa shape index (κ3) is 4.00. The topological polar surface area (TPSA) is 20.2 Å². The number of hydrogen-bond acceptors (Lipinski definition) is 1. The summed E-state index contributed by atoms with van der Waals surface area (Å²) in [5.41, 5.74) is 0. The van der Waals surface area contributed by atoms with E-state index >= 15 is 0 Å². The number of rotatable bonds is 0. The summed E-state index contributed by atoms with van der Waals surface area (Å²) in [4.78, 5) is 0. The van der Waals surface area contributed by atoms with Gasteiger partial charge < -0.3 is 5.11 Å². The summed E-state index contributed by atoms with van der Waals surface area (Å²) in [6.07, 6.45) is 0. The van der Waals surface area contributed by atoms with E-state index in [0.29, 0.717) is 5.33 Å². The molecule has 0 heterocycles. The highest BCUT2D eigenvalue weighted by Crippen LogP contribution is 1.70. The van der Waals surface area contributed by atoms with Crippen LogP contribution < -0.4 is 0 Å². The zero-order valence-electron chi connectivity index (χ0n) is 3.24. The zero-order chi connectivity index (χ0) is 4.83. The fraction of sp³-hybridized carbons (Fsp3) is 0.500. The number of aliphatic hydroxyl groups is 1. The van der Waals surface area contributed by atoms with Crippen molar-refractivity contribution in [2.24, 2.45) is 0 Å². The van der Waals surface area contributed by atoms with Gasteiger partial charge >= 0.3 is 0 Å². The number of hydrogen-bond donors (Lipinski definition) is 1. The van der Waals surface area contributed by atoms with Gasteiger partial charge in [-0.2, -0.15) is 0 Å². The summed E-state index contributed by atoms with van der Waals surface area (Å²) in [6, 6.07) is 0. The van der Waals surface area contributed by atoms with Crippen LogP contribution in [0.4, 0.5) is 0 Å². The second kappa shape index (κ2) is 5.00. The highest BCUT2D eigenvalue weighted by atomic mass is 79.9. The van der Waals surface area contributed by atoms with Crippen molar-refractivity contribution in [1.29, 1.82) is 0 Å². The molecule has 1 N–H and O–H groups in total. The van der Waals surface area contributed by atoms with E-state index < -0.39 is 0 Å². The van der Waals surface area contributed by atoms with Gasteiger partial charge in [-0.3, -0.25) is 0 Å². The first kappa shape index (κ1) is 6.00. The Labute approximate surface area is 45.5 Å². The Hall–Kier alpha value is 0. The molecule has 0 aromatic rings. The quantitative estimate of drug-likeness (QED) is 0.389. The second-order valence-electron chi connectivity index (χ2n) is 0.645. The van der Waals surface area contributed by atoms with E-state index in [-0.39, 0.29) is 6.61 Å². The van der Waals surface area contributed by atoms with Gasteiger partial charge in [-0.1, -0.05) is 27.8 Å². The Morgan fingerprint density at radius 3 is 2.33 bits per heavy atom. The molecule has 0 aliphatic rings. The average Bonchev–Trinajstić information content (AvgIpc) is 1.61. The highest BCUT2D eigenvalue weighted by molar-refractivity contribution is 9.09. The fourth-order valence-electron chi connectivity index (χ4n) is 0.103. The Morgan fingerprint density at radius 2 is 2.17 bits per heavy atom. The molecule has 34 valence electrons. The Balaban J connectivity index is 2.90. The zero-order valence-corrected chi connectivity index (χ0v) is 4.83. The van der Waals surface area contributed by atoms with Gasteiger partial charge in [0.25, 0.3) is 0 Å². The van der Waals surface area contributed by atoms with Crippen molar-refractivity contribution in [3.05, 3.63) is 0 Å². The lowest BCUT2D eigenvalue weighted by molar-refractivity contribution is 0.350. The minimum atomic E-state index is -0.0361. The molecule has 0 spiro atoms. The predicted octanol–water partition coefficient (Wildman–Crippen LogP) is 0.377. The standard InChI is InChI=1S/C4H5BrO/c5-3-1-2-4-6/h6H,3-4H2. The minimum Gasteiger partial charge on any atom is -0.384 e. The van der Waals surface area contributed by atoms with E-state index in [0.717, 1.165) is 0 Å². The molecule has 0 rings (SSSR count). The molecule has 0 radical (unpaired) electrons. The molecule has 0 atom stereocenters. The summed E-state index contributed by atoms with van der Waals surface area (Å²) in [5.74, 6) is 5.07. The van der Waals surface area contributed by atoms with Crippen LogP contribution in [0, 0.1) is 11.8 Å². The first-order valence-electron chi connectivity index (χ1n) is 1.54. The van der Waals surface area contributed by atoms with Crippen LogP contribution in [-0.2, 0) is 0 Å². The van der Waals surface area contributed by atoms with Crippen molar-refractivity contribution in [3.8, 4) is 11.8 Å². The lowest BCUT2D eigenvalue weighted by Gasteiger charge is -1.65. The lowest BCUT2D eigenvalue weighted by atomic mass is 10.6. The average molecular weight is 149 g/mol. The van der Waals surface area contributed by atoms with Gasteiger partial charge in [0, 0.05) is 0 Å². The summed E-state index contributed by atoms with van der Waals surface area (Å²) < 4.78 is 0. The normalized spacial score (nSPS) is 6.33.